The lowest BCUT2D eigenvalue weighted by molar-refractivity contribution is -0.118. The fourth-order valence-electron chi connectivity index (χ4n) is 2.52. The first kappa shape index (κ1) is 18.2. The molecule has 3 rings (SSSR count). The van der Waals surface area contributed by atoms with Gasteiger partial charge in [0.25, 0.3) is 0 Å². The van der Waals surface area contributed by atoms with E-state index < -0.39 is 0 Å². The van der Waals surface area contributed by atoms with Gasteiger partial charge in [-0.3, -0.25) is 4.79 Å². The average molecular weight is 369 g/mol. The van der Waals surface area contributed by atoms with E-state index in [1.54, 1.807) is 18.2 Å². The topological polar surface area (TPSA) is 57.8 Å². The molecule has 0 unspecified atom stereocenters. The van der Waals surface area contributed by atoms with Crippen LogP contribution in [0, 0.1) is 12.7 Å². The van der Waals surface area contributed by atoms with Gasteiger partial charge < -0.3 is 10.3 Å². The molecule has 3 aromatic rings. The standard InChI is InChI=1S/C20H20FN3OS/c1-14-18(11-15-7-3-2-4-8-15)24-20(23-14)26-13-19(25)22-12-16-9-5-6-10-17(16)21/h2-10H,11-13H2,1H3,(H,22,25)(H,23,24). The molecule has 0 bridgehead atoms. The number of aryl methyl sites for hydroxylation is 1. The number of aromatic amines is 1. The number of halogens is 1. The van der Waals surface area contributed by atoms with Gasteiger partial charge in [0.05, 0.1) is 11.4 Å². The molecule has 0 atom stereocenters. The highest BCUT2D eigenvalue weighted by atomic mass is 32.2. The first-order valence-electron chi connectivity index (χ1n) is 8.34. The molecule has 0 aliphatic carbocycles. The summed E-state index contributed by atoms with van der Waals surface area (Å²) in [6.07, 6.45) is 0.753. The molecule has 2 N–H and O–H groups in total. The van der Waals surface area contributed by atoms with Gasteiger partial charge in [-0.1, -0.05) is 60.3 Å². The van der Waals surface area contributed by atoms with Crippen LogP contribution in [-0.2, 0) is 17.8 Å². The third-order valence-electron chi connectivity index (χ3n) is 3.95. The maximum atomic E-state index is 13.5. The molecule has 0 spiro atoms. The number of imidazole rings is 1. The Bertz CT molecular complexity index is 880. The lowest BCUT2D eigenvalue weighted by Gasteiger charge is -2.05. The van der Waals surface area contributed by atoms with E-state index in [2.05, 4.69) is 27.4 Å². The van der Waals surface area contributed by atoms with Crippen LogP contribution in [0.3, 0.4) is 0 Å². The molecule has 0 aliphatic rings. The minimum absolute atomic E-state index is 0.156. The SMILES string of the molecule is Cc1[nH]c(SCC(=O)NCc2ccccc2F)nc1Cc1ccccc1. The number of hydrogen-bond donors (Lipinski definition) is 2. The van der Waals surface area contributed by atoms with Crippen LogP contribution in [0.1, 0.15) is 22.5 Å². The molecule has 26 heavy (non-hydrogen) atoms. The second kappa shape index (κ2) is 8.67. The lowest BCUT2D eigenvalue weighted by atomic mass is 10.1. The van der Waals surface area contributed by atoms with Crippen molar-refractivity contribution >= 4 is 17.7 Å². The van der Waals surface area contributed by atoms with Crippen LogP contribution in [-0.4, -0.2) is 21.6 Å². The maximum Gasteiger partial charge on any atom is 0.230 e. The molecular weight excluding hydrogens is 349 g/mol. The van der Waals surface area contributed by atoms with E-state index in [4.69, 9.17) is 0 Å². The predicted octanol–water partition coefficient (Wildman–Crippen LogP) is 3.86. The van der Waals surface area contributed by atoms with Gasteiger partial charge in [0, 0.05) is 24.2 Å². The van der Waals surface area contributed by atoms with E-state index in [-0.39, 0.29) is 24.0 Å². The molecule has 0 saturated carbocycles. The molecule has 1 amide bonds. The van der Waals surface area contributed by atoms with E-state index in [0.29, 0.717) is 5.56 Å². The molecule has 0 saturated heterocycles. The van der Waals surface area contributed by atoms with Crippen molar-refractivity contribution in [3.63, 3.8) is 0 Å². The minimum Gasteiger partial charge on any atom is -0.351 e. The number of rotatable bonds is 7. The molecule has 134 valence electrons. The highest BCUT2D eigenvalue weighted by Crippen LogP contribution is 2.19. The number of thioether (sulfide) groups is 1. The smallest absolute Gasteiger partial charge is 0.230 e. The van der Waals surface area contributed by atoms with Crippen molar-refractivity contribution in [2.24, 2.45) is 0 Å². The summed E-state index contributed by atoms with van der Waals surface area (Å²) in [5.41, 5.74) is 3.65. The van der Waals surface area contributed by atoms with Gasteiger partial charge in [0.2, 0.25) is 5.91 Å². The number of aromatic nitrogens is 2. The van der Waals surface area contributed by atoms with E-state index in [0.717, 1.165) is 23.0 Å². The van der Waals surface area contributed by atoms with Crippen molar-refractivity contribution in [1.82, 2.24) is 15.3 Å². The van der Waals surface area contributed by atoms with Crippen LogP contribution in [0.5, 0.6) is 0 Å². The van der Waals surface area contributed by atoms with Crippen LogP contribution in [0.25, 0.3) is 0 Å². The number of carbonyl (C=O) groups excluding carboxylic acids is 1. The third kappa shape index (κ3) is 4.95. The summed E-state index contributed by atoms with van der Waals surface area (Å²) in [6.45, 7) is 2.16. The summed E-state index contributed by atoms with van der Waals surface area (Å²) >= 11 is 1.34. The zero-order valence-electron chi connectivity index (χ0n) is 14.5. The summed E-state index contributed by atoms with van der Waals surface area (Å²) in [7, 11) is 0. The second-order valence-corrected chi connectivity index (χ2v) is 6.90. The molecular formula is C20H20FN3OS. The molecule has 0 radical (unpaired) electrons. The van der Waals surface area contributed by atoms with E-state index in [9.17, 15) is 9.18 Å². The summed E-state index contributed by atoms with van der Waals surface area (Å²) in [4.78, 5) is 19.8. The van der Waals surface area contributed by atoms with Gasteiger partial charge in [0.1, 0.15) is 5.82 Å². The zero-order valence-corrected chi connectivity index (χ0v) is 15.3. The first-order chi connectivity index (χ1) is 12.6. The normalized spacial score (nSPS) is 10.7. The van der Waals surface area contributed by atoms with Crippen molar-refractivity contribution in [3.8, 4) is 0 Å². The first-order valence-corrected chi connectivity index (χ1v) is 9.32. The summed E-state index contributed by atoms with van der Waals surface area (Å²) in [5.74, 6) is -0.240. The third-order valence-corrected chi connectivity index (χ3v) is 4.83. The van der Waals surface area contributed by atoms with Gasteiger partial charge in [-0.15, -0.1) is 0 Å². The molecule has 0 aliphatic heterocycles. The Balaban J connectivity index is 1.51. The van der Waals surface area contributed by atoms with Gasteiger partial charge in [-0.2, -0.15) is 0 Å². The highest BCUT2D eigenvalue weighted by molar-refractivity contribution is 7.99. The van der Waals surface area contributed by atoms with Crippen LogP contribution >= 0.6 is 11.8 Å². The largest absolute Gasteiger partial charge is 0.351 e. The number of hydrogen-bond acceptors (Lipinski definition) is 3. The van der Waals surface area contributed by atoms with Crippen LogP contribution in [0.4, 0.5) is 4.39 Å². The number of H-pyrrole nitrogens is 1. The van der Waals surface area contributed by atoms with Gasteiger partial charge >= 0.3 is 0 Å². The number of benzene rings is 2. The number of carbonyl (C=O) groups is 1. The summed E-state index contributed by atoms with van der Waals surface area (Å²) in [5, 5.41) is 3.45. The van der Waals surface area contributed by atoms with Crippen LogP contribution in [0.15, 0.2) is 59.8 Å². The van der Waals surface area contributed by atoms with Gasteiger partial charge in [0.15, 0.2) is 5.16 Å². The Hall–Kier alpha value is -2.60. The minimum atomic E-state index is -0.312. The van der Waals surface area contributed by atoms with E-state index >= 15 is 0 Å². The molecule has 2 aromatic carbocycles. The predicted molar refractivity (Wildman–Crippen MR) is 102 cm³/mol. The van der Waals surface area contributed by atoms with Crippen molar-refractivity contribution < 1.29 is 9.18 Å². The Labute approximate surface area is 156 Å². The number of nitrogens with one attached hydrogen (secondary N) is 2. The number of amides is 1. The van der Waals surface area contributed by atoms with Crippen molar-refractivity contribution in [3.05, 3.63) is 82.9 Å². The van der Waals surface area contributed by atoms with Crippen LogP contribution < -0.4 is 5.32 Å². The highest BCUT2D eigenvalue weighted by Gasteiger charge is 2.10. The van der Waals surface area contributed by atoms with Crippen molar-refractivity contribution in [1.29, 1.82) is 0 Å². The maximum absolute atomic E-state index is 13.5. The van der Waals surface area contributed by atoms with Crippen molar-refractivity contribution in [2.45, 2.75) is 25.0 Å². The molecule has 1 heterocycles. The quantitative estimate of drug-likeness (QED) is 0.622. The molecule has 1 aromatic heterocycles. The summed E-state index contributed by atoms with van der Waals surface area (Å²) < 4.78 is 13.5. The zero-order chi connectivity index (χ0) is 18.4. The average Bonchev–Trinajstić information content (AvgIpc) is 3.00. The summed E-state index contributed by atoms with van der Waals surface area (Å²) in [6, 6.07) is 16.6. The van der Waals surface area contributed by atoms with E-state index in [1.165, 1.54) is 23.4 Å². The monoisotopic (exact) mass is 369 g/mol. The molecule has 0 fully saturated rings. The second-order valence-electron chi connectivity index (χ2n) is 5.93. The molecule has 4 nitrogen and oxygen atoms in total. The Morgan fingerprint density at radius 1 is 1.15 bits per heavy atom. The lowest BCUT2D eigenvalue weighted by Crippen LogP contribution is -2.25. The number of nitrogens with zero attached hydrogens (tertiary/aromatic N) is 1. The Kier molecular flexibility index (Phi) is 6.07. The van der Waals surface area contributed by atoms with Gasteiger partial charge in [-0.25, -0.2) is 9.37 Å². The van der Waals surface area contributed by atoms with Crippen LogP contribution in [0.2, 0.25) is 0 Å². The Morgan fingerprint density at radius 2 is 1.88 bits per heavy atom. The van der Waals surface area contributed by atoms with Crippen molar-refractivity contribution in [2.75, 3.05) is 5.75 Å². The molecule has 6 heteroatoms. The fraction of sp³-hybridized carbons (Fsp3) is 0.200. The van der Waals surface area contributed by atoms with E-state index in [1.807, 2.05) is 25.1 Å². The Morgan fingerprint density at radius 3 is 2.65 bits per heavy atom. The fourth-order valence-corrected chi connectivity index (χ4v) is 3.29. The van der Waals surface area contributed by atoms with Gasteiger partial charge in [-0.05, 0) is 18.6 Å².